The molecule has 0 aliphatic rings. The topological polar surface area (TPSA) is 24.1 Å². The molecule has 0 heterocycles. The van der Waals surface area contributed by atoms with Crippen LogP contribution < -0.4 is 10.6 Å². The first-order valence-electron chi connectivity index (χ1n) is 3.55. The second kappa shape index (κ2) is 6.34. The van der Waals surface area contributed by atoms with E-state index in [9.17, 15) is 0 Å². The molecule has 2 unspecified atom stereocenters. The molecular weight excluding hydrogens is 164 g/mol. The van der Waals surface area contributed by atoms with Gasteiger partial charge in [-0.15, -0.1) is 0 Å². The third kappa shape index (κ3) is 4.44. The minimum atomic E-state index is 0.133. The van der Waals surface area contributed by atoms with E-state index in [1.165, 1.54) is 0 Å². The van der Waals surface area contributed by atoms with Crippen LogP contribution >= 0.6 is 25.3 Å². The first kappa shape index (κ1) is 10.6. The van der Waals surface area contributed by atoms with Crippen LogP contribution in [0.25, 0.3) is 0 Å². The molecule has 0 aromatic carbocycles. The second-order valence-electron chi connectivity index (χ2n) is 2.01. The van der Waals surface area contributed by atoms with Crippen molar-refractivity contribution in [3.63, 3.8) is 0 Å². The fraction of sp³-hybridized carbons (Fsp3) is 1.00. The Bertz CT molecular complexity index is 70.1. The summed E-state index contributed by atoms with van der Waals surface area (Å²) in [6.45, 7) is 5.96. The van der Waals surface area contributed by atoms with Crippen molar-refractivity contribution >= 4 is 25.3 Å². The molecule has 0 aliphatic heterocycles. The Morgan fingerprint density at radius 2 is 1.30 bits per heavy atom. The maximum Gasteiger partial charge on any atom is 0.0750 e. The Kier molecular flexibility index (Phi) is 6.73. The van der Waals surface area contributed by atoms with Gasteiger partial charge in [0.25, 0.3) is 0 Å². The second-order valence-corrected chi connectivity index (χ2v) is 3.12. The minimum Gasteiger partial charge on any atom is -0.304 e. The van der Waals surface area contributed by atoms with Crippen molar-refractivity contribution in [2.24, 2.45) is 0 Å². The van der Waals surface area contributed by atoms with Crippen LogP contribution in [0, 0.1) is 0 Å². The minimum absolute atomic E-state index is 0.133. The smallest absolute Gasteiger partial charge is 0.0750 e. The molecule has 0 aliphatic carbocycles. The van der Waals surface area contributed by atoms with Gasteiger partial charge in [0.1, 0.15) is 0 Å². The lowest BCUT2D eigenvalue weighted by atomic mass is 10.5. The molecule has 0 rings (SSSR count). The van der Waals surface area contributed by atoms with Crippen molar-refractivity contribution in [1.82, 2.24) is 10.6 Å². The Balaban J connectivity index is 3.38. The monoisotopic (exact) mass is 180 g/mol. The third-order valence-corrected chi connectivity index (χ3v) is 2.32. The maximum absolute atomic E-state index is 4.29. The average Bonchev–Trinajstić information content (AvgIpc) is 1.89. The van der Waals surface area contributed by atoms with E-state index in [4.69, 9.17) is 0 Å². The number of thiol groups is 2. The number of hydrogen-bond donors (Lipinski definition) is 4. The van der Waals surface area contributed by atoms with Crippen LogP contribution in [-0.4, -0.2) is 23.8 Å². The molecule has 0 saturated carbocycles. The summed E-state index contributed by atoms with van der Waals surface area (Å²) in [5.41, 5.74) is 0. The van der Waals surface area contributed by atoms with Crippen LogP contribution in [0.4, 0.5) is 0 Å². The summed E-state index contributed by atoms with van der Waals surface area (Å²) in [4.78, 5) is 0. The lowest BCUT2D eigenvalue weighted by molar-refractivity contribution is 0.579. The predicted octanol–water partition coefficient (Wildman–Crippen LogP) is 0.717. The van der Waals surface area contributed by atoms with Gasteiger partial charge in [-0.05, 0) is 13.1 Å². The van der Waals surface area contributed by atoms with Crippen LogP contribution in [0.2, 0.25) is 0 Å². The van der Waals surface area contributed by atoms with E-state index in [-0.39, 0.29) is 10.7 Å². The summed E-state index contributed by atoms with van der Waals surface area (Å²) in [6.07, 6.45) is 0. The van der Waals surface area contributed by atoms with Crippen LogP contribution in [-0.2, 0) is 0 Å². The van der Waals surface area contributed by atoms with E-state index in [2.05, 4.69) is 49.7 Å². The van der Waals surface area contributed by atoms with Crippen molar-refractivity contribution in [2.75, 3.05) is 13.1 Å². The van der Waals surface area contributed by atoms with Gasteiger partial charge >= 0.3 is 0 Å². The summed E-state index contributed by atoms with van der Waals surface area (Å²) in [6, 6.07) is 0. The lowest BCUT2D eigenvalue weighted by Gasteiger charge is -2.19. The highest BCUT2D eigenvalue weighted by Gasteiger charge is 2.09. The van der Waals surface area contributed by atoms with Crippen molar-refractivity contribution in [3.8, 4) is 0 Å². The van der Waals surface area contributed by atoms with Gasteiger partial charge in [-0.25, -0.2) is 0 Å². The highest BCUT2D eigenvalue weighted by atomic mass is 32.1. The molecular formula is C6H16N2S2. The fourth-order valence-corrected chi connectivity index (χ4v) is 1.22. The Labute approximate surface area is 74.0 Å². The van der Waals surface area contributed by atoms with Crippen LogP contribution in [0.1, 0.15) is 13.8 Å². The summed E-state index contributed by atoms with van der Waals surface area (Å²) < 4.78 is 0. The van der Waals surface area contributed by atoms with Crippen LogP contribution in [0.15, 0.2) is 0 Å². The molecule has 4 heteroatoms. The van der Waals surface area contributed by atoms with Crippen LogP contribution in [0.5, 0.6) is 0 Å². The van der Waals surface area contributed by atoms with E-state index in [1.807, 2.05) is 0 Å². The van der Waals surface area contributed by atoms with Crippen molar-refractivity contribution in [1.29, 1.82) is 0 Å². The molecule has 0 bridgehead atoms. The van der Waals surface area contributed by atoms with Crippen molar-refractivity contribution < 1.29 is 0 Å². The van der Waals surface area contributed by atoms with Gasteiger partial charge in [0.05, 0.1) is 10.7 Å². The molecule has 0 saturated heterocycles. The van der Waals surface area contributed by atoms with Crippen molar-refractivity contribution in [2.45, 2.75) is 24.6 Å². The van der Waals surface area contributed by atoms with E-state index >= 15 is 0 Å². The SMILES string of the molecule is CCNC(S)C(S)NCC. The molecule has 0 aromatic rings. The van der Waals surface area contributed by atoms with Gasteiger partial charge in [0.2, 0.25) is 0 Å². The average molecular weight is 180 g/mol. The first-order chi connectivity index (χ1) is 4.72. The lowest BCUT2D eigenvalue weighted by Crippen LogP contribution is -2.41. The van der Waals surface area contributed by atoms with E-state index in [0.29, 0.717) is 0 Å². The largest absolute Gasteiger partial charge is 0.304 e. The molecule has 2 N–H and O–H groups in total. The van der Waals surface area contributed by atoms with Gasteiger partial charge in [0, 0.05) is 0 Å². The van der Waals surface area contributed by atoms with E-state index < -0.39 is 0 Å². The molecule has 62 valence electrons. The fourth-order valence-electron chi connectivity index (χ4n) is 0.642. The highest BCUT2D eigenvalue weighted by Crippen LogP contribution is 2.01. The highest BCUT2D eigenvalue weighted by molar-refractivity contribution is 7.85. The zero-order valence-electron chi connectivity index (χ0n) is 6.46. The predicted molar refractivity (Wildman–Crippen MR) is 52.9 cm³/mol. The van der Waals surface area contributed by atoms with Crippen molar-refractivity contribution in [3.05, 3.63) is 0 Å². The van der Waals surface area contributed by atoms with E-state index in [1.54, 1.807) is 0 Å². The molecule has 0 spiro atoms. The summed E-state index contributed by atoms with van der Waals surface area (Å²) in [7, 11) is 0. The molecule has 10 heavy (non-hydrogen) atoms. The molecule has 0 aromatic heterocycles. The van der Waals surface area contributed by atoms with Gasteiger partial charge in [-0.1, -0.05) is 13.8 Å². The molecule has 2 nitrogen and oxygen atoms in total. The van der Waals surface area contributed by atoms with E-state index in [0.717, 1.165) is 13.1 Å². The van der Waals surface area contributed by atoms with Crippen LogP contribution in [0.3, 0.4) is 0 Å². The first-order valence-corrected chi connectivity index (χ1v) is 4.58. The van der Waals surface area contributed by atoms with Gasteiger partial charge in [0.15, 0.2) is 0 Å². The Morgan fingerprint density at radius 1 is 1.00 bits per heavy atom. The molecule has 0 amide bonds. The Morgan fingerprint density at radius 3 is 1.50 bits per heavy atom. The Hall–Kier alpha value is 0.620. The number of nitrogens with one attached hydrogen (secondary N) is 2. The maximum atomic E-state index is 4.29. The third-order valence-electron chi connectivity index (χ3n) is 1.13. The zero-order valence-corrected chi connectivity index (χ0v) is 8.25. The normalized spacial score (nSPS) is 16.8. The number of hydrogen-bond acceptors (Lipinski definition) is 4. The number of rotatable bonds is 5. The zero-order chi connectivity index (χ0) is 7.98. The summed E-state index contributed by atoms with van der Waals surface area (Å²) >= 11 is 8.58. The summed E-state index contributed by atoms with van der Waals surface area (Å²) in [5, 5.41) is 6.58. The van der Waals surface area contributed by atoms with Gasteiger partial charge in [-0.3, -0.25) is 0 Å². The standard InChI is InChI=1S/C6H16N2S2/c1-3-7-5(9)6(10)8-4-2/h5-10H,3-4H2,1-2H3. The van der Waals surface area contributed by atoms with Gasteiger partial charge in [-0.2, -0.15) is 25.3 Å². The molecule has 0 radical (unpaired) electrons. The molecule has 2 atom stereocenters. The quantitative estimate of drug-likeness (QED) is 0.370. The molecule has 0 fully saturated rings. The number of likely N-dealkylation sites (N-methyl/N-ethyl adjacent to an activating group) is 2. The van der Waals surface area contributed by atoms with Gasteiger partial charge < -0.3 is 10.6 Å². The summed E-state index contributed by atoms with van der Waals surface area (Å²) in [5.74, 6) is 0.